The van der Waals surface area contributed by atoms with Crippen molar-refractivity contribution in [1.29, 1.82) is 0 Å². The van der Waals surface area contributed by atoms with Gasteiger partial charge in [0.15, 0.2) is 0 Å². The van der Waals surface area contributed by atoms with Crippen molar-refractivity contribution in [2.75, 3.05) is 13.2 Å². The maximum atomic E-state index is 5.91. The van der Waals surface area contributed by atoms with Crippen molar-refractivity contribution in [1.82, 2.24) is 24.9 Å². The summed E-state index contributed by atoms with van der Waals surface area (Å²) < 4.78 is 9.69. The fraction of sp³-hybridized carbons (Fsp3) is 0.600. The first-order valence-corrected chi connectivity index (χ1v) is 7.58. The molecule has 2 atom stereocenters. The third kappa shape index (κ3) is 3.33. The highest BCUT2D eigenvalue weighted by Crippen LogP contribution is 2.33. The number of aryl methyl sites for hydroxylation is 2. The number of nitrogens with zero attached hydrogens (tertiary/aromatic N) is 4. The normalized spacial score (nSPS) is 22.0. The van der Waals surface area contributed by atoms with Crippen molar-refractivity contribution in [3.8, 4) is 0 Å². The molecule has 0 bridgehead atoms. The molecule has 1 N–H and O–H groups in total. The van der Waals surface area contributed by atoms with E-state index in [1.807, 2.05) is 35.0 Å². The highest BCUT2D eigenvalue weighted by molar-refractivity contribution is 5.11. The highest BCUT2D eigenvalue weighted by Gasteiger charge is 2.30. The summed E-state index contributed by atoms with van der Waals surface area (Å²) in [5.41, 5.74) is 2.41. The largest absolute Gasteiger partial charge is 0.373 e. The Morgan fingerprint density at radius 2 is 2.24 bits per heavy atom. The van der Waals surface area contributed by atoms with Crippen molar-refractivity contribution in [3.05, 3.63) is 35.9 Å². The number of hydrogen-bond donors (Lipinski definition) is 1. The van der Waals surface area contributed by atoms with E-state index in [2.05, 4.69) is 28.6 Å². The van der Waals surface area contributed by atoms with Crippen LogP contribution in [0.25, 0.3) is 0 Å². The van der Waals surface area contributed by atoms with Gasteiger partial charge in [0.05, 0.1) is 18.5 Å². The minimum Gasteiger partial charge on any atom is -0.373 e. The second-order valence-electron chi connectivity index (χ2n) is 5.62. The third-order valence-corrected chi connectivity index (χ3v) is 4.01. The smallest absolute Gasteiger partial charge is 0.0896 e. The molecular formula is C15H23N5O. The highest BCUT2D eigenvalue weighted by atomic mass is 16.5. The molecule has 3 rings (SSSR count). The second-order valence-corrected chi connectivity index (χ2v) is 5.62. The number of ether oxygens (including phenoxy) is 1. The van der Waals surface area contributed by atoms with Crippen LogP contribution >= 0.6 is 0 Å². The Balaban J connectivity index is 1.54. The minimum absolute atomic E-state index is 0.173. The van der Waals surface area contributed by atoms with E-state index in [1.165, 1.54) is 11.1 Å². The Morgan fingerprint density at radius 1 is 1.33 bits per heavy atom. The fourth-order valence-corrected chi connectivity index (χ4v) is 2.88. The van der Waals surface area contributed by atoms with E-state index < -0.39 is 0 Å². The summed E-state index contributed by atoms with van der Waals surface area (Å²) in [6.45, 7) is 5.64. The molecule has 1 aliphatic heterocycles. The number of hydrogen-bond acceptors (Lipinski definition) is 4. The quantitative estimate of drug-likeness (QED) is 0.875. The summed E-state index contributed by atoms with van der Waals surface area (Å²) in [4.78, 5) is 0. The first-order chi connectivity index (χ1) is 10.3. The lowest BCUT2D eigenvalue weighted by molar-refractivity contribution is 0.0904. The summed E-state index contributed by atoms with van der Waals surface area (Å²) in [5.74, 6) is 0.510. The molecule has 6 nitrogen and oxygen atoms in total. The molecule has 114 valence electrons. The van der Waals surface area contributed by atoms with Gasteiger partial charge in [-0.2, -0.15) is 10.2 Å². The number of aromatic nitrogens is 4. The molecule has 0 radical (unpaired) electrons. The van der Waals surface area contributed by atoms with Crippen LogP contribution in [0.3, 0.4) is 0 Å². The molecule has 0 spiro atoms. The predicted molar refractivity (Wildman–Crippen MR) is 79.6 cm³/mol. The molecule has 1 fully saturated rings. The monoisotopic (exact) mass is 289 g/mol. The maximum absolute atomic E-state index is 5.91. The minimum atomic E-state index is 0.173. The average molecular weight is 289 g/mol. The van der Waals surface area contributed by atoms with Crippen molar-refractivity contribution >= 4 is 0 Å². The molecule has 0 unspecified atom stereocenters. The molecular weight excluding hydrogens is 266 g/mol. The van der Waals surface area contributed by atoms with E-state index in [4.69, 9.17) is 4.74 Å². The summed E-state index contributed by atoms with van der Waals surface area (Å²) in [7, 11) is 1.94. The topological polar surface area (TPSA) is 56.9 Å². The summed E-state index contributed by atoms with van der Waals surface area (Å²) >= 11 is 0. The SMILES string of the molecule is CCn1cc([C@H]2OCC[C@H]2CNCc2cnn(C)c2)cn1. The lowest BCUT2D eigenvalue weighted by atomic mass is 9.97. The van der Waals surface area contributed by atoms with Gasteiger partial charge in [-0.3, -0.25) is 9.36 Å². The Hall–Kier alpha value is -1.66. The molecule has 0 saturated carbocycles. The number of nitrogens with one attached hydrogen (secondary N) is 1. The zero-order valence-electron chi connectivity index (χ0n) is 12.7. The van der Waals surface area contributed by atoms with Crippen molar-refractivity contribution in [2.24, 2.45) is 13.0 Å². The van der Waals surface area contributed by atoms with Gasteiger partial charge in [-0.25, -0.2) is 0 Å². The second kappa shape index (κ2) is 6.41. The molecule has 0 aliphatic carbocycles. The summed E-state index contributed by atoms with van der Waals surface area (Å²) in [6, 6.07) is 0. The van der Waals surface area contributed by atoms with Crippen LogP contribution in [0.5, 0.6) is 0 Å². The predicted octanol–water partition coefficient (Wildman–Crippen LogP) is 1.50. The van der Waals surface area contributed by atoms with Crippen LogP contribution in [-0.4, -0.2) is 32.7 Å². The molecule has 2 aromatic rings. The van der Waals surface area contributed by atoms with Crippen LogP contribution < -0.4 is 5.32 Å². The molecule has 1 saturated heterocycles. The molecule has 6 heteroatoms. The van der Waals surface area contributed by atoms with E-state index in [0.717, 1.165) is 32.7 Å². The first-order valence-electron chi connectivity index (χ1n) is 7.58. The van der Waals surface area contributed by atoms with Gasteiger partial charge in [-0.05, 0) is 13.3 Å². The van der Waals surface area contributed by atoms with Gasteiger partial charge in [0, 0.05) is 62.7 Å². The Bertz CT molecular complexity index is 576. The van der Waals surface area contributed by atoms with Crippen molar-refractivity contribution in [2.45, 2.75) is 32.5 Å². The molecule has 0 amide bonds. The van der Waals surface area contributed by atoms with Gasteiger partial charge < -0.3 is 10.1 Å². The van der Waals surface area contributed by atoms with E-state index in [9.17, 15) is 0 Å². The lowest BCUT2D eigenvalue weighted by Crippen LogP contribution is -2.24. The van der Waals surface area contributed by atoms with Crippen LogP contribution in [0.4, 0.5) is 0 Å². The fourth-order valence-electron chi connectivity index (χ4n) is 2.88. The average Bonchev–Trinajstić information content (AvgIpc) is 3.19. The van der Waals surface area contributed by atoms with Crippen LogP contribution in [0.15, 0.2) is 24.8 Å². The van der Waals surface area contributed by atoms with E-state index in [0.29, 0.717) is 5.92 Å². The Kier molecular flexibility index (Phi) is 4.36. The van der Waals surface area contributed by atoms with Gasteiger partial charge in [-0.15, -0.1) is 0 Å². The van der Waals surface area contributed by atoms with Gasteiger partial charge in [0.2, 0.25) is 0 Å². The van der Waals surface area contributed by atoms with Crippen LogP contribution in [0, 0.1) is 5.92 Å². The standard InChI is InChI=1S/C15H23N5O/c1-3-20-11-14(9-18-20)15-13(4-5-21-15)8-16-6-12-7-17-19(2)10-12/h7,9-11,13,15-16H,3-6,8H2,1-2H3/t13-,15-/m0/s1. The number of rotatable bonds is 6. The van der Waals surface area contributed by atoms with Crippen LogP contribution in [0.1, 0.15) is 30.6 Å². The van der Waals surface area contributed by atoms with Crippen molar-refractivity contribution in [3.63, 3.8) is 0 Å². The van der Waals surface area contributed by atoms with Gasteiger partial charge >= 0.3 is 0 Å². The molecule has 3 heterocycles. The molecule has 1 aliphatic rings. The molecule has 21 heavy (non-hydrogen) atoms. The molecule has 2 aromatic heterocycles. The lowest BCUT2D eigenvalue weighted by Gasteiger charge is -2.17. The maximum Gasteiger partial charge on any atom is 0.0896 e. The Morgan fingerprint density at radius 3 is 2.95 bits per heavy atom. The van der Waals surface area contributed by atoms with Crippen LogP contribution in [-0.2, 0) is 24.9 Å². The van der Waals surface area contributed by atoms with E-state index in [1.54, 1.807) is 0 Å². The van der Waals surface area contributed by atoms with Crippen molar-refractivity contribution < 1.29 is 4.74 Å². The van der Waals surface area contributed by atoms with Crippen LogP contribution in [0.2, 0.25) is 0 Å². The third-order valence-electron chi connectivity index (χ3n) is 4.01. The summed E-state index contributed by atoms with van der Waals surface area (Å²) in [5, 5.41) is 12.0. The summed E-state index contributed by atoms with van der Waals surface area (Å²) in [6.07, 6.45) is 9.26. The zero-order chi connectivity index (χ0) is 14.7. The zero-order valence-corrected chi connectivity index (χ0v) is 12.7. The molecule has 0 aromatic carbocycles. The van der Waals surface area contributed by atoms with Gasteiger partial charge in [0.25, 0.3) is 0 Å². The first kappa shape index (κ1) is 14.3. The van der Waals surface area contributed by atoms with E-state index in [-0.39, 0.29) is 6.10 Å². The van der Waals surface area contributed by atoms with Gasteiger partial charge in [-0.1, -0.05) is 0 Å². The Labute approximate surface area is 125 Å². The van der Waals surface area contributed by atoms with E-state index >= 15 is 0 Å². The van der Waals surface area contributed by atoms with Gasteiger partial charge in [0.1, 0.15) is 0 Å².